The molecule has 0 aliphatic rings. The van der Waals surface area contributed by atoms with E-state index in [4.69, 9.17) is 14.7 Å². The van der Waals surface area contributed by atoms with Crippen LogP contribution >= 0.6 is 0 Å². The molecule has 3 aromatic rings. The lowest BCUT2D eigenvalue weighted by Crippen LogP contribution is -2.20. The summed E-state index contributed by atoms with van der Waals surface area (Å²) in [5.74, 6) is -0.0225. The number of methoxy groups -OCH3 is 2. The third-order valence-electron chi connectivity index (χ3n) is 4.37. The fourth-order valence-corrected chi connectivity index (χ4v) is 3.98. The first kappa shape index (κ1) is 21.2. The Morgan fingerprint density at radius 1 is 0.900 bits per heavy atom. The van der Waals surface area contributed by atoms with Crippen molar-refractivity contribution >= 4 is 21.6 Å². The van der Waals surface area contributed by atoms with Crippen molar-refractivity contribution in [1.82, 2.24) is 5.48 Å². The molecule has 0 fully saturated rings. The molecule has 3 N–H and O–H groups in total. The maximum absolute atomic E-state index is 12.9. The van der Waals surface area contributed by atoms with Crippen LogP contribution in [-0.2, 0) is 10.0 Å². The summed E-state index contributed by atoms with van der Waals surface area (Å²) in [5.41, 5.74) is 3.18. The number of carbonyl (C=O) groups is 1. The van der Waals surface area contributed by atoms with E-state index in [1.165, 1.54) is 50.6 Å². The van der Waals surface area contributed by atoms with E-state index in [9.17, 15) is 13.2 Å². The van der Waals surface area contributed by atoms with Crippen LogP contribution in [0.2, 0.25) is 0 Å². The van der Waals surface area contributed by atoms with E-state index in [2.05, 4.69) is 4.72 Å². The molecule has 0 bridgehead atoms. The van der Waals surface area contributed by atoms with Gasteiger partial charge in [0.15, 0.2) is 11.5 Å². The molecule has 0 saturated carbocycles. The number of hydrogen-bond donors (Lipinski definition) is 3. The Balaban J connectivity index is 2.01. The summed E-state index contributed by atoms with van der Waals surface area (Å²) < 4.78 is 38.5. The average Bonchev–Trinajstić information content (AvgIpc) is 2.78. The topological polar surface area (TPSA) is 114 Å². The molecule has 156 valence electrons. The maximum Gasteiger partial charge on any atom is 0.275 e. The van der Waals surface area contributed by atoms with E-state index < -0.39 is 15.9 Å². The zero-order valence-electron chi connectivity index (χ0n) is 16.2. The van der Waals surface area contributed by atoms with Crippen LogP contribution in [0.4, 0.5) is 5.69 Å². The Morgan fingerprint density at radius 3 is 2.23 bits per heavy atom. The van der Waals surface area contributed by atoms with Crippen molar-refractivity contribution in [2.45, 2.75) is 4.90 Å². The molecule has 1 amide bonds. The van der Waals surface area contributed by atoms with Crippen molar-refractivity contribution in [1.29, 1.82) is 0 Å². The molecule has 9 heteroatoms. The molecule has 0 atom stereocenters. The number of amides is 1. The van der Waals surface area contributed by atoms with Gasteiger partial charge in [0.25, 0.3) is 15.9 Å². The Bertz CT molecular complexity index is 1160. The minimum Gasteiger partial charge on any atom is -0.493 e. The highest BCUT2D eigenvalue weighted by molar-refractivity contribution is 7.92. The van der Waals surface area contributed by atoms with Crippen LogP contribution in [0, 0.1) is 0 Å². The first-order chi connectivity index (χ1) is 14.4. The molecule has 0 saturated heterocycles. The second-order valence-corrected chi connectivity index (χ2v) is 7.87. The number of sulfonamides is 1. The Morgan fingerprint density at radius 2 is 1.60 bits per heavy atom. The summed E-state index contributed by atoms with van der Waals surface area (Å²) in [6.45, 7) is 0. The molecule has 0 spiro atoms. The normalized spacial score (nSPS) is 10.9. The zero-order chi connectivity index (χ0) is 21.7. The number of carbonyl (C=O) groups excluding carboxylic acids is 1. The first-order valence-electron chi connectivity index (χ1n) is 8.78. The van der Waals surface area contributed by atoms with Gasteiger partial charge in [0, 0.05) is 17.3 Å². The van der Waals surface area contributed by atoms with E-state index >= 15 is 0 Å². The van der Waals surface area contributed by atoms with Gasteiger partial charge in [0.2, 0.25) is 0 Å². The summed E-state index contributed by atoms with van der Waals surface area (Å²) in [6.07, 6.45) is 0. The number of anilines is 1. The Hall–Kier alpha value is -3.56. The molecule has 0 aliphatic carbocycles. The van der Waals surface area contributed by atoms with Crippen LogP contribution in [0.15, 0.2) is 71.6 Å². The van der Waals surface area contributed by atoms with Crippen molar-refractivity contribution in [3.05, 3.63) is 72.3 Å². The summed E-state index contributed by atoms with van der Waals surface area (Å²) in [4.78, 5) is 12.0. The quantitative estimate of drug-likeness (QED) is 0.393. The first-order valence-corrected chi connectivity index (χ1v) is 10.3. The highest BCUT2D eigenvalue weighted by Gasteiger charge is 2.19. The van der Waals surface area contributed by atoms with Crippen molar-refractivity contribution in [3.8, 4) is 22.6 Å². The molecular formula is C21H20N2O6S. The standard InChI is InChI=1S/C21H20N2O6S/c1-28-19-11-9-16(13-20(19)29-2)30(26,27)23-15-8-10-17(21(24)22-25)18(12-15)14-6-4-3-5-7-14/h3-13,23,25H,1-2H3,(H,22,24). The zero-order valence-corrected chi connectivity index (χ0v) is 17.1. The number of benzene rings is 3. The van der Waals surface area contributed by atoms with Gasteiger partial charge >= 0.3 is 0 Å². The van der Waals surface area contributed by atoms with Gasteiger partial charge in [0.05, 0.1) is 19.1 Å². The number of rotatable bonds is 7. The summed E-state index contributed by atoms with van der Waals surface area (Å²) >= 11 is 0. The lowest BCUT2D eigenvalue weighted by Gasteiger charge is -2.14. The van der Waals surface area contributed by atoms with Crippen molar-refractivity contribution in [2.75, 3.05) is 18.9 Å². The largest absolute Gasteiger partial charge is 0.493 e. The van der Waals surface area contributed by atoms with E-state index in [1.807, 2.05) is 6.07 Å². The summed E-state index contributed by atoms with van der Waals surface area (Å²) in [6, 6.07) is 17.6. The molecular weight excluding hydrogens is 408 g/mol. The van der Waals surface area contributed by atoms with Crippen LogP contribution in [0.3, 0.4) is 0 Å². The SMILES string of the molecule is COc1ccc(S(=O)(=O)Nc2ccc(C(=O)NO)c(-c3ccccc3)c2)cc1OC. The smallest absolute Gasteiger partial charge is 0.275 e. The van der Waals surface area contributed by atoms with Crippen molar-refractivity contribution in [3.63, 3.8) is 0 Å². The molecule has 0 heterocycles. The van der Waals surface area contributed by atoms with Gasteiger partial charge in [-0.1, -0.05) is 30.3 Å². The minimum absolute atomic E-state index is 0.0152. The number of nitrogens with one attached hydrogen (secondary N) is 2. The monoisotopic (exact) mass is 428 g/mol. The Kier molecular flexibility index (Phi) is 6.24. The predicted octanol–water partition coefficient (Wildman–Crippen LogP) is 3.29. The van der Waals surface area contributed by atoms with E-state index in [1.54, 1.807) is 29.7 Å². The highest BCUT2D eigenvalue weighted by Crippen LogP contribution is 2.31. The van der Waals surface area contributed by atoms with Crippen molar-refractivity contribution in [2.24, 2.45) is 0 Å². The van der Waals surface area contributed by atoms with Gasteiger partial charge in [-0.3, -0.25) is 14.7 Å². The van der Waals surface area contributed by atoms with Crippen LogP contribution < -0.4 is 19.7 Å². The Labute approximate surface area is 174 Å². The predicted molar refractivity (Wildman–Crippen MR) is 111 cm³/mol. The van der Waals surface area contributed by atoms with Crippen LogP contribution in [0.1, 0.15) is 10.4 Å². The van der Waals surface area contributed by atoms with Crippen LogP contribution in [-0.4, -0.2) is 33.8 Å². The van der Waals surface area contributed by atoms with Gasteiger partial charge in [-0.05, 0) is 41.5 Å². The van der Waals surface area contributed by atoms with E-state index in [0.717, 1.165) is 0 Å². The number of hydroxylamine groups is 1. The van der Waals surface area contributed by atoms with Crippen molar-refractivity contribution < 1.29 is 27.9 Å². The fourth-order valence-electron chi connectivity index (χ4n) is 2.92. The second kappa shape index (κ2) is 8.85. The second-order valence-electron chi connectivity index (χ2n) is 6.19. The van der Waals surface area contributed by atoms with Gasteiger partial charge in [-0.2, -0.15) is 0 Å². The third kappa shape index (κ3) is 4.37. The van der Waals surface area contributed by atoms with Gasteiger partial charge < -0.3 is 9.47 Å². The van der Waals surface area contributed by atoms with Gasteiger partial charge in [-0.15, -0.1) is 0 Å². The van der Waals surface area contributed by atoms with E-state index in [0.29, 0.717) is 16.9 Å². The van der Waals surface area contributed by atoms with E-state index in [-0.39, 0.29) is 21.9 Å². The summed E-state index contributed by atoms with van der Waals surface area (Å²) in [5, 5.41) is 9.02. The number of ether oxygens (including phenoxy) is 2. The molecule has 3 rings (SSSR count). The molecule has 8 nitrogen and oxygen atoms in total. The molecule has 0 aliphatic heterocycles. The highest BCUT2D eigenvalue weighted by atomic mass is 32.2. The molecule has 0 radical (unpaired) electrons. The fraction of sp³-hybridized carbons (Fsp3) is 0.0952. The molecule has 30 heavy (non-hydrogen) atoms. The van der Waals surface area contributed by atoms with Crippen LogP contribution in [0.25, 0.3) is 11.1 Å². The lowest BCUT2D eigenvalue weighted by atomic mass is 9.98. The third-order valence-corrected chi connectivity index (χ3v) is 5.75. The molecule has 0 unspecified atom stereocenters. The van der Waals surface area contributed by atoms with Gasteiger partial charge in [0.1, 0.15) is 0 Å². The summed E-state index contributed by atoms with van der Waals surface area (Å²) in [7, 11) is -1.07. The average molecular weight is 428 g/mol. The molecule has 3 aromatic carbocycles. The minimum atomic E-state index is -3.94. The van der Waals surface area contributed by atoms with Crippen LogP contribution in [0.5, 0.6) is 11.5 Å². The maximum atomic E-state index is 12.9. The molecule has 0 aromatic heterocycles. The number of hydrogen-bond acceptors (Lipinski definition) is 6. The van der Waals surface area contributed by atoms with Gasteiger partial charge in [-0.25, -0.2) is 13.9 Å². The lowest BCUT2D eigenvalue weighted by molar-refractivity contribution is 0.0707.